The average molecular weight is 208 g/mol. The molecular weight excluding hydrogens is 192 g/mol. The zero-order valence-corrected chi connectivity index (χ0v) is 9.06. The zero-order chi connectivity index (χ0) is 10.8. The highest BCUT2D eigenvalue weighted by Gasteiger charge is 2.26. The predicted octanol–water partition coefficient (Wildman–Crippen LogP) is 1.10. The van der Waals surface area contributed by atoms with Crippen LogP contribution in [0.2, 0.25) is 0 Å². The van der Waals surface area contributed by atoms with Crippen molar-refractivity contribution in [2.45, 2.75) is 25.9 Å². The fourth-order valence-corrected chi connectivity index (χ4v) is 2.05. The predicted molar refractivity (Wildman–Crippen MR) is 56.7 cm³/mol. The lowest BCUT2D eigenvalue weighted by atomic mass is 10.1. The third-order valence-corrected chi connectivity index (χ3v) is 2.58. The van der Waals surface area contributed by atoms with Crippen LogP contribution in [0.1, 0.15) is 24.4 Å². The van der Waals surface area contributed by atoms with Gasteiger partial charge in [-0.15, -0.1) is 0 Å². The largest absolute Gasteiger partial charge is 0.459 e. The Morgan fingerprint density at radius 2 is 2.13 bits per heavy atom. The van der Waals surface area contributed by atoms with E-state index in [2.05, 4.69) is 19.2 Å². The van der Waals surface area contributed by atoms with Crippen molar-refractivity contribution in [3.63, 3.8) is 0 Å². The maximum Gasteiger partial charge on any atom is 0.289 e. The second-order valence-corrected chi connectivity index (χ2v) is 4.16. The van der Waals surface area contributed by atoms with E-state index in [9.17, 15) is 4.79 Å². The first-order valence-electron chi connectivity index (χ1n) is 5.25. The molecule has 1 aliphatic rings. The third-order valence-electron chi connectivity index (χ3n) is 2.58. The van der Waals surface area contributed by atoms with E-state index in [4.69, 9.17) is 4.42 Å². The number of furan rings is 1. The Labute approximate surface area is 89.2 Å². The monoisotopic (exact) mass is 208 g/mol. The van der Waals surface area contributed by atoms with Crippen molar-refractivity contribution in [2.75, 3.05) is 13.1 Å². The molecule has 0 saturated carbocycles. The van der Waals surface area contributed by atoms with Crippen molar-refractivity contribution in [1.82, 2.24) is 10.2 Å². The van der Waals surface area contributed by atoms with E-state index in [1.807, 2.05) is 4.90 Å². The van der Waals surface area contributed by atoms with Gasteiger partial charge in [-0.1, -0.05) is 0 Å². The number of carbonyl (C=O) groups is 1. The molecule has 0 aliphatic carbocycles. The summed E-state index contributed by atoms with van der Waals surface area (Å²) in [7, 11) is 0. The molecule has 1 aliphatic heterocycles. The number of piperazine rings is 1. The summed E-state index contributed by atoms with van der Waals surface area (Å²) in [6, 6.07) is 4.13. The maximum atomic E-state index is 12.0. The molecule has 2 unspecified atom stereocenters. The van der Waals surface area contributed by atoms with Crippen LogP contribution in [0.15, 0.2) is 22.8 Å². The summed E-state index contributed by atoms with van der Waals surface area (Å²) in [5.74, 6) is 0.413. The van der Waals surface area contributed by atoms with Crippen molar-refractivity contribution in [3.05, 3.63) is 24.2 Å². The lowest BCUT2D eigenvalue weighted by molar-refractivity contribution is 0.0642. The van der Waals surface area contributed by atoms with Crippen LogP contribution in [-0.2, 0) is 0 Å². The normalized spacial score (nSPS) is 26.7. The van der Waals surface area contributed by atoms with E-state index < -0.39 is 0 Å². The molecule has 15 heavy (non-hydrogen) atoms. The van der Waals surface area contributed by atoms with Gasteiger partial charge in [0.05, 0.1) is 6.26 Å². The summed E-state index contributed by atoms with van der Waals surface area (Å²) in [4.78, 5) is 13.8. The van der Waals surface area contributed by atoms with Gasteiger partial charge in [0.1, 0.15) is 0 Å². The minimum atomic E-state index is -0.0137. The highest BCUT2D eigenvalue weighted by molar-refractivity contribution is 5.91. The number of amides is 1. The molecule has 1 aromatic rings. The van der Waals surface area contributed by atoms with Crippen LogP contribution in [0.25, 0.3) is 0 Å². The minimum Gasteiger partial charge on any atom is -0.459 e. The van der Waals surface area contributed by atoms with Gasteiger partial charge < -0.3 is 14.6 Å². The zero-order valence-electron chi connectivity index (χ0n) is 9.06. The van der Waals surface area contributed by atoms with Gasteiger partial charge in [0.25, 0.3) is 5.91 Å². The SMILES string of the molecule is CC1CN(C(=O)c2ccco2)CC(C)N1. The smallest absolute Gasteiger partial charge is 0.289 e. The number of hydrogen-bond donors (Lipinski definition) is 1. The van der Waals surface area contributed by atoms with Crippen molar-refractivity contribution in [3.8, 4) is 0 Å². The molecule has 1 aromatic heterocycles. The van der Waals surface area contributed by atoms with Crippen LogP contribution >= 0.6 is 0 Å². The van der Waals surface area contributed by atoms with Gasteiger partial charge in [0, 0.05) is 25.2 Å². The lowest BCUT2D eigenvalue weighted by Crippen LogP contribution is -2.55. The second-order valence-electron chi connectivity index (χ2n) is 4.16. The number of nitrogens with zero attached hydrogens (tertiary/aromatic N) is 1. The molecule has 2 heterocycles. The van der Waals surface area contributed by atoms with E-state index >= 15 is 0 Å². The van der Waals surface area contributed by atoms with E-state index in [0.29, 0.717) is 17.8 Å². The number of carbonyl (C=O) groups excluding carboxylic acids is 1. The average Bonchev–Trinajstić information content (AvgIpc) is 2.67. The summed E-state index contributed by atoms with van der Waals surface area (Å²) in [5.41, 5.74) is 0. The van der Waals surface area contributed by atoms with Gasteiger partial charge >= 0.3 is 0 Å². The van der Waals surface area contributed by atoms with Crippen LogP contribution in [-0.4, -0.2) is 36.0 Å². The number of nitrogens with one attached hydrogen (secondary N) is 1. The molecule has 2 rings (SSSR count). The molecule has 0 aromatic carbocycles. The summed E-state index contributed by atoms with van der Waals surface area (Å²) in [6.45, 7) is 5.64. The van der Waals surface area contributed by atoms with Crippen LogP contribution in [0.3, 0.4) is 0 Å². The van der Waals surface area contributed by atoms with Gasteiger partial charge in [-0.3, -0.25) is 4.79 Å². The van der Waals surface area contributed by atoms with Crippen LogP contribution < -0.4 is 5.32 Å². The molecule has 1 amide bonds. The Kier molecular flexibility index (Phi) is 2.77. The van der Waals surface area contributed by atoms with Crippen molar-refractivity contribution >= 4 is 5.91 Å². The summed E-state index contributed by atoms with van der Waals surface area (Å²) in [6.07, 6.45) is 1.53. The van der Waals surface area contributed by atoms with Gasteiger partial charge in [-0.2, -0.15) is 0 Å². The summed E-state index contributed by atoms with van der Waals surface area (Å²) < 4.78 is 5.11. The number of hydrogen-bond acceptors (Lipinski definition) is 3. The standard InChI is InChI=1S/C11H16N2O2/c1-8-6-13(7-9(2)12-8)11(14)10-4-3-5-15-10/h3-5,8-9,12H,6-7H2,1-2H3. The molecule has 1 N–H and O–H groups in total. The molecular formula is C11H16N2O2. The number of rotatable bonds is 1. The fourth-order valence-electron chi connectivity index (χ4n) is 2.05. The first-order valence-corrected chi connectivity index (χ1v) is 5.25. The summed E-state index contributed by atoms with van der Waals surface area (Å²) >= 11 is 0. The topological polar surface area (TPSA) is 45.5 Å². The quantitative estimate of drug-likeness (QED) is 0.751. The van der Waals surface area contributed by atoms with Gasteiger partial charge in [0.15, 0.2) is 5.76 Å². The Morgan fingerprint density at radius 3 is 2.67 bits per heavy atom. The van der Waals surface area contributed by atoms with Gasteiger partial charge in [0.2, 0.25) is 0 Å². The molecule has 1 saturated heterocycles. The summed E-state index contributed by atoms with van der Waals surface area (Å²) in [5, 5.41) is 3.38. The molecule has 2 atom stereocenters. The Morgan fingerprint density at radius 1 is 1.47 bits per heavy atom. The van der Waals surface area contributed by atoms with Crippen molar-refractivity contribution in [2.24, 2.45) is 0 Å². The maximum absolute atomic E-state index is 12.0. The van der Waals surface area contributed by atoms with Crippen LogP contribution in [0.4, 0.5) is 0 Å². The van der Waals surface area contributed by atoms with E-state index in [1.165, 1.54) is 6.26 Å². The third kappa shape index (κ3) is 2.21. The molecule has 0 spiro atoms. The fraction of sp³-hybridized carbons (Fsp3) is 0.545. The van der Waals surface area contributed by atoms with Crippen LogP contribution in [0, 0.1) is 0 Å². The minimum absolute atomic E-state index is 0.0137. The highest BCUT2D eigenvalue weighted by atomic mass is 16.3. The highest BCUT2D eigenvalue weighted by Crippen LogP contribution is 2.10. The van der Waals surface area contributed by atoms with E-state index in [1.54, 1.807) is 12.1 Å². The van der Waals surface area contributed by atoms with Gasteiger partial charge in [-0.05, 0) is 26.0 Å². The lowest BCUT2D eigenvalue weighted by Gasteiger charge is -2.35. The second kappa shape index (κ2) is 4.06. The molecule has 82 valence electrons. The first kappa shape index (κ1) is 10.2. The van der Waals surface area contributed by atoms with Crippen LogP contribution in [0.5, 0.6) is 0 Å². The molecule has 4 heteroatoms. The van der Waals surface area contributed by atoms with E-state index in [-0.39, 0.29) is 5.91 Å². The molecule has 0 bridgehead atoms. The molecule has 1 fully saturated rings. The molecule has 0 radical (unpaired) electrons. The Bertz CT molecular complexity index is 324. The van der Waals surface area contributed by atoms with Gasteiger partial charge in [-0.25, -0.2) is 0 Å². The Balaban J connectivity index is 2.07. The Hall–Kier alpha value is -1.29. The molecule has 4 nitrogen and oxygen atoms in total. The van der Waals surface area contributed by atoms with Crippen molar-refractivity contribution in [1.29, 1.82) is 0 Å². The first-order chi connectivity index (χ1) is 7.16. The van der Waals surface area contributed by atoms with E-state index in [0.717, 1.165) is 13.1 Å². The van der Waals surface area contributed by atoms with Crippen molar-refractivity contribution < 1.29 is 9.21 Å².